The van der Waals surface area contributed by atoms with E-state index in [1.807, 2.05) is 24.3 Å². The topological polar surface area (TPSA) is 92.0 Å². The summed E-state index contributed by atoms with van der Waals surface area (Å²) in [6.45, 7) is 0. The molecule has 1 aliphatic heterocycles. The summed E-state index contributed by atoms with van der Waals surface area (Å²) in [6.07, 6.45) is 1.89. The summed E-state index contributed by atoms with van der Waals surface area (Å²) >= 11 is 0. The Kier molecular flexibility index (Phi) is 6.62. The molecule has 0 radical (unpaired) electrons. The van der Waals surface area contributed by atoms with Crippen molar-refractivity contribution in [2.24, 2.45) is 5.10 Å². The molecule has 0 unspecified atom stereocenters. The smallest absolute Gasteiger partial charge is 0.310 e. The molecule has 0 aliphatic carbocycles. The van der Waals surface area contributed by atoms with Gasteiger partial charge in [-0.1, -0.05) is 0 Å². The van der Waals surface area contributed by atoms with E-state index in [-0.39, 0.29) is 11.7 Å². The lowest BCUT2D eigenvalue weighted by Gasteiger charge is -2.23. The molecule has 1 aromatic heterocycles. The number of furan rings is 1. The van der Waals surface area contributed by atoms with Crippen LogP contribution in [0.4, 0.5) is 0 Å². The Morgan fingerprint density at radius 2 is 1.56 bits per heavy atom. The molecule has 2 heterocycles. The third kappa shape index (κ3) is 4.24. The number of carbonyl (C=O) groups is 1. The Balaban J connectivity index is 1.81. The van der Waals surface area contributed by atoms with E-state index in [9.17, 15) is 4.79 Å². The van der Waals surface area contributed by atoms with Gasteiger partial charge in [0.1, 0.15) is 11.5 Å². The van der Waals surface area contributed by atoms with Crippen molar-refractivity contribution < 1.29 is 32.9 Å². The molecule has 3 aromatic rings. The average Bonchev–Trinajstić information content (AvgIpc) is 3.58. The number of ether oxygens (including phenoxy) is 5. The Labute approximate surface area is 197 Å². The van der Waals surface area contributed by atoms with Crippen LogP contribution in [0.5, 0.6) is 28.7 Å². The van der Waals surface area contributed by atoms with Crippen LogP contribution in [0, 0.1) is 0 Å². The summed E-state index contributed by atoms with van der Waals surface area (Å²) in [5.41, 5.74) is 2.24. The molecule has 0 saturated heterocycles. The van der Waals surface area contributed by atoms with Gasteiger partial charge >= 0.3 is 5.91 Å². The minimum absolute atomic E-state index is 0.186. The van der Waals surface area contributed by atoms with Gasteiger partial charge in [0.05, 0.1) is 53.6 Å². The van der Waals surface area contributed by atoms with Crippen molar-refractivity contribution in [3.8, 4) is 28.7 Å². The summed E-state index contributed by atoms with van der Waals surface area (Å²) in [5, 5.41) is 6.11. The van der Waals surface area contributed by atoms with Crippen LogP contribution in [0.15, 0.2) is 58.2 Å². The average molecular weight is 466 g/mol. The molecule has 1 aliphatic rings. The van der Waals surface area contributed by atoms with Crippen molar-refractivity contribution in [2.45, 2.75) is 12.5 Å². The van der Waals surface area contributed by atoms with E-state index >= 15 is 0 Å². The monoisotopic (exact) mass is 466 g/mol. The fraction of sp³-hybridized carbons (Fsp3) is 0.280. The molecule has 4 rings (SSSR count). The highest BCUT2D eigenvalue weighted by Crippen LogP contribution is 2.43. The molecule has 1 atom stereocenters. The number of rotatable bonds is 8. The molecule has 0 bridgehead atoms. The lowest BCUT2D eigenvalue weighted by molar-refractivity contribution is 0.0678. The molecule has 1 amide bonds. The Bertz CT molecular complexity index is 1160. The number of methoxy groups -OCH3 is 5. The van der Waals surface area contributed by atoms with Crippen molar-refractivity contribution in [2.75, 3.05) is 35.5 Å². The van der Waals surface area contributed by atoms with E-state index in [0.717, 1.165) is 11.1 Å². The van der Waals surface area contributed by atoms with Gasteiger partial charge < -0.3 is 28.1 Å². The lowest BCUT2D eigenvalue weighted by atomic mass is 9.97. The zero-order chi connectivity index (χ0) is 24.2. The molecule has 2 aromatic carbocycles. The second-order valence-corrected chi connectivity index (χ2v) is 7.45. The van der Waals surface area contributed by atoms with Gasteiger partial charge in [-0.2, -0.15) is 5.10 Å². The lowest BCUT2D eigenvalue weighted by Crippen LogP contribution is -2.26. The zero-order valence-electron chi connectivity index (χ0n) is 19.7. The van der Waals surface area contributed by atoms with Crippen molar-refractivity contribution in [3.63, 3.8) is 0 Å². The van der Waals surface area contributed by atoms with Gasteiger partial charge in [0.2, 0.25) is 5.75 Å². The summed E-state index contributed by atoms with van der Waals surface area (Å²) in [6, 6.07) is 12.0. The predicted molar refractivity (Wildman–Crippen MR) is 124 cm³/mol. The Morgan fingerprint density at radius 1 is 0.912 bits per heavy atom. The van der Waals surface area contributed by atoms with Crippen molar-refractivity contribution >= 4 is 11.6 Å². The minimum Gasteiger partial charge on any atom is -0.497 e. The second-order valence-electron chi connectivity index (χ2n) is 7.45. The van der Waals surface area contributed by atoms with Crippen LogP contribution in [-0.4, -0.2) is 52.2 Å². The van der Waals surface area contributed by atoms with E-state index in [2.05, 4.69) is 0 Å². The Morgan fingerprint density at radius 3 is 2.06 bits per heavy atom. The van der Waals surface area contributed by atoms with Crippen LogP contribution in [0.1, 0.15) is 34.1 Å². The van der Waals surface area contributed by atoms with Crippen LogP contribution < -0.4 is 23.7 Å². The number of benzene rings is 2. The summed E-state index contributed by atoms with van der Waals surface area (Å²) in [4.78, 5) is 13.3. The third-order valence-electron chi connectivity index (χ3n) is 5.61. The first-order valence-electron chi connectivity index (χ1n) is 10.5. The van der Waals surface area contributed by atoms with Gasteiger partial charge in [-0.15, -0.1) is 0 Å². The van der Waals surface area contributed by atoms with Crippen molar-refractivity contribution in [1.29, 1.82) is 0 Å². The van der Waals surface area contributed by atoms with Crippen LogP contribution in [0.3, 0.4) is 0 Å². The van der Waals surface area contributed by atoms with Crippen LogP contribution >= 0.6 is 0 Å². The molecule has 178 valence electrons. The number of nitrogens with zero attached hydrogens (tertiary/aromatic N) is 2. The first-order valence-corrected chi connectivity index (χ1v) is 10.5. The minimum atomic E-state index is -0.446. The van der Waals surface area contributed by atoms with Gasteiger partial charge in [-0.3, -0.25) is 4.79 Å². The van der Waals surface area contributed by atoms with Gasteiger partial charge in [0.25, 0.3) is 0 Å². The highest BCUT2D eigenvalue weighted by molar-refractivity contribution is 6.05. The molecule has 0 fully saturated rings. The van der Waals surface area contributed by atoms with Gasteiger partial charge in [-0.25, -0.2) is 5.01 Å². The number of amides is 1. The molecule has 0 spiro atoms. The van der Waals surface area contributed by atoms with E-state index in [1.165, 1.54) is 11.3 Å². The quantitative estimate of drug-likeness (QED) is 0.488. The first-order chi connectivity index (χ1) is 16.5. The molecular weight excluding hydrogens is 440 g/mol. The molecule has 0 N–H and O–H groups in total. The second kappa shape index (κ2) is 9.78. The summed E-state index contributed by atoms with van der Waals surface area (Å²) < 4.78 is 32.7. The SMILES string of the molecule is COc1cc(OC)cc(C2=NN(C(=O)c3ccco3)[C@H](c3cc(OC)c(OC)c(OC)c3)C2)c1. The Hall–Kier alpha value is -4.14. The molecule has 0 saturated carbocycles. The maximum absolute atomic E-state index is 13.3. The molecular formula is C25H26N2O7. The largest absolute Gasteiger partial charge is 0.497 e. The van der Waals surface area contributed by atoms with Gasteiger partial charge in [0.15, 0.2) is 17.3 Å². The number of hydrogen-bond acceptors (Lipinski definition) is 8. The summed E-state index contributed by atoms with van der Waals surface area (Å²) in [5.74, 6) is 2.50. The van der Waals surface area contributed by atoms with E-state index < -0.39 is 6.04 Å². The normalized spacial score (nSPS) is 15.0. The van der Waals surface area contributed by atoms with Crippen LogP contribution in [0.25, 0.3) is 0 Å². The number of hydrazone groups is 1. The maximum atomic E-state index is 13.3. The molecule has 9 nitrogen and oxygen atoms in total. The van der Waals surface area contributed by atoms with Crippen LogP contribution in [0.2, 0.25) is 0 Å². The fourth-order valence-electron chi connectivity index (χ4n) is 3.91. The van der Waals surface area contributed by atoms with Gasteiger partial charge in [-0.05, 0) is 42.0 Å². The highest BCUT2D eigenvalue weighted by atomic mass is 16.5. The van der Waals surface area contributed by atoms with Crippen molar-refractivity contribution in [1.82, 2.24) is 5.01 Å². The third-order valence-corrected chi connectivity index (χ3v) is 5.61. The van der Waals surface area contributed by atoms with Crippen LogP contribution in [-0.2, 0) is 0 Å². The van der Waals surface area contributed by atoms with Crippen molar-refractivity contribution in [3.05, 3.63) is 65.6 Å². The number of hydrogen-bond donors (Lipinski definition) is 0. The van der Waals surface area contributed by atoms with E-state index in [0.29, 0.717) is 40.9 Å². The highest BCUT2D eigenvalue weighted by Gasteiger charge is 2.36. The van der Waals surface area contributed by atoms with E-state index in [1.54, 1.807) is 53.7 Å². The first kappa shape index (κ1) is 23.0. The molecule has 9 heteroatoms. The fourth-order valence-corrected chi connectivity index (χ4v) is 3.91. The number of carbonyl (C=O) groups excluding carboxylic acids is 1. The molecule has 34 heavy (non-hydrogen) atoms. The standard InChI is InChI=1S/C25H26N2O7/c1-29-17-9-15(10-18(13-17)30-2)19-14-20(27(26-19)25(28)21-7-6-8-34-21)16-11-22(31-3)24(33-5)23(12-16)32-4/h6-13,20H,14H2,1-5H3/t20-/m0/s1. The zero-order valence-corrected chi connectivity index (χ0v) is 19.7. The predicted octanol–water partition coefficient (Wildman–Crippen LogP) is 4.31. The summed E-state index contributed by atoms with van der Waals surface area (Å²) in [7, 11) is 7.80. The van der Waals surface area contributed by atoms with E-state index in [4.69, 9.17) is 33.2 Å². The van der Waals surface area contributed by atoms with Gasteiger partial charge in [0, 0.05) is 18.1 Å². The maximum Gasteiger partial charge on any atom is 0.310 e.